The van der Waals surface area contributed by atoms with Crippen molar-refractivity contribution in [3.63, 3.8) is 0 Å². The Balaban J connectivity index is 2.11. The molecule has 1 aliphatic heterocycles. The average molecular weight is 262 g/mol. The van der Waals surface area contributed by atoms with Gasteiger partial charge in [0.05, 0.1) is 13.3 Å². The number of hydrogen-bond donors (Lipinski definition) is 1. The summed E-state index contributed by atoms with van der Waals surface area (Å²) < 4.78 is 5.02. The first-order valence-corrected chi connectivity index (χ1v) is 6.81. The second-order valence-electron chi connectivity index (χ2n) is 5.18. The van der Waals surface area contributed by atoms with E-state index in [1.807, 2.05) is 6.07 Å². The normalized spacial score (nSPS) is 23.8. The van der Waals surface area contributed by atoms with Crippen molar-refractivity contribution in [1.29, 1.82) is 0 Å². The molecule has 1 heterocycles. The van der Waals surface area contributed by atoms with Crippen molar-refractivity contribution in [2.75, 3.05) is 7.11 Å². The molecule has 2 rings (SSSR count). The minimum atomic E-state index is 0.145. The summed E-state index contributed by atoms with van der Waals surface area (Å²) in [4.78, 5) is 0. The molecule has 1 aromatic rings. The molecule has 2 atom stereocenters. The van der Waals surface area contributed by atoms with Crippen molar-refractivity contribution in [1.82, 2.24) is 5.01 Å². The average Bonchev–Trinajstić information content (AvgIpc) is 2.38. The van der Waals surface area contributed by atoms with E-state index >= 15 is 0 Å². The molecule has 0 bridgehead atoms. The van der Waals surface area contributed by atoms with E-state index in [4.69, 9.17) is 4.74 Å². The molecule has 4 nitrogen and oxygen atoms in total. The quantitative estimate of drug-likeness (QED) is 0.852. The number of benzene rings is 1. The predicted octanol–water partition coefficient (Wildman–Crippen LogP) is 3.00. The minimum Gasteiger partial charge on any atom is -0.504 e. The molecule has 1 aliphatic rings. The van der Waals surface area contributed by atoms with Gasteiger partial charge in [0, 0.05) is 12.1 Å². The summed E-state index contributed by atoms with van der Waals surface area (Å²) in [5.41, 5.74) is 0.878. The summed E-state index contributed by atoms with van der Waals surface area (Å²) in [6, 6.07) is 6.27. The van der Waals surface area contributed by atoms with Gasteiger partial charge in [0.15, 0.2) is 11.5 Å². The Morgan fingerprint density at radius 2 is 2.00 bits per heavy atom. The molecule has 0 aliphatic carbocycles. The number of phenols is 1. The lowest BCUT2D eigenvalue weighted by Gasteiger charge is -2.36. The number of hydrogen-bond acceptors (Lipinski definition) is 4. The molecule has 0 unspecified atom stereocenters. The van der Waals surface area contributed by atoms with Gasteiger partial charge in [0.25, 0.3) is 0 Å². The van der Waals surface area contributed by atoms with Crippen LogP contribution >= 0.6 is 0 Å². The van der Waals surface area contributed by atoms with Crippen molar-refractivity contribution in [3.8, 4) is 11.5 Å². The van der Waals surface area contributed by atoms with Crippen LogP contribution in [0.5, 0.6) is 11.5 Å². The maximum atomic E-state index is 9.73. The second kappa shape index (κ2) is 5.95. The van der Waals surface area contributed by atoms with Gasteiger partial charge in [0.2, 0.25) is 0 Å². The van der Waals surface area contributed by atoms with E-state index in [-0.39, 0.29) is 5.75 Å². The van der Waals surface area contributed by atoms with Crippen molar-refractivity contribution < 1.29 is 9.84 Å². The SMILES string of the molecule is COc1ccc(/C=N\N2[C@H](C)CCC[C@@H]2C)cc1O. The molecule has 0 aromatic heterocycles. The standard InChI is InChI=1S/C15H22N2O2/c1-11-5-4-6-12(2)17(11)16-10-13-7-8-15(19-3)14(18)9-13/h7-12,18H,4-6H2,1-3H3/b16-10-/t11-,12+. The van der Waals surface area contributed by atoms with Crippen LogP contribution in [0.1, 0.15) is 38.7 Å². The highest BCUT2D eigenvalue weighted by Gasteiger charge is 2.22. The van der Waals surface area contributed by atoms with E-state index in [0.717, 1.165) is 5.56 Å². The summed E-state index contributed by atoms with van der Waals surface area (Å²) in [5.74, 6) is 0.628. The fourth-order valence-corrected chi connectivity index (χ4v) is 2.56. The number of methoxy groups -OCH3 is 1. The third-order valence-corrected chi connectivity index (χ3v) is 3.69. The van der Waals surface area contributed by atoms with Gasteiger partial charge >= 0.3 is 0 Å². The van der Waals surface area contributed by atoms with E-state index < -0.39 is 0 Å². The molecular weight excluding hydrogens is 240 g/mol. The summed E-state index contributed by atoms with van der Waals surface area (Å²) in [6.45, 7) is 4.41. The number of ether oxygens (including phenoxy) is 1. The van der Waals surface area contributed by atoms with Crippen LogP contribution in [-0.4, -0.2) is 35.5 Å². The van der Waals surface area contributed by atoms with Gasteiger partial charge in [-0.05, 0) is 56.9 Å². The third kappa shape index (κ3) is 3.19. The number of aromatic hydroxyl groups is 1. The smallest absolute Gasteiger partial charge is 0.160 e. The molecule has 4 heteroatoms. The van der Waals surface area contributed by atoms with Crippen molar-refractivity contribution in [3.05, 3.63) is 23.8 Å². The van der Waals surface area contributed by atoms with Gasteiger partial charge in [-0.15, -0.1) is 0 Å². The van der Waals surface area contributed by atoms with Crippen LogP contribution in [0.4, 0.5) is 0 Å². The van der Waals surface area contributed by atoms with E-state index in [9.17, 15) is 5.11 Å². The lowest BCUT2D eigenvalue weighted by Crippen LogP contribution is -2.39. The lowest BCUT2D eigenvalue weighted by atomic mass is 10.00. The summed E-state index contributed by atoms with van der Waals surface area (Å²) >= 11 is 0. The van der Waals surface area contributed by atoms with Crippen LogP contribution < -0.4 is 4.74 Å². The molecule has 1 N–H and O–H groups in total. The predicted molar refractivity (Wildman–Crippen MR) is 76.9 cm³/mol. The Morgan fingerprint density at radius 1 is 1.32 bits per heavy atom. The Labute approximate surface area is 114 Å². The molecule has 0 amide bonds. The molecule has 19 heavy (non-hydrogen) atoms. The first kappa shape index (κ1) is 13.7. The second-order valence-corrected chi connectivity index (χ2v) is 5.18. The van der Waals surface area contributed by atoms with Crippen molar-refractivity contribution >= 4 is 6.21 Å². The van der Waals surface area contributed by atoms with E-state index in [2.05, 4.69) is 24.0 Å². The Morgan fingerprint density at radius 3 is 2.58 bits per heavy atom. The van der Waals surface area contributed by atoms with Gasteiger partial charge in [0.1, 0.15) is 0 Å². The van der Waals surface area contributed by atoms with Gasteiger partial charge in [-0.3, -0.25) is 5.01 Å². The third-order valence-electron chi connectivity index (χ3n) is 3.69. The Kier molecular flexibility index (Phi) is 4.30. The van der Waals surface area contributed by atoms with Crippen LogP contribution in [0.25, 0.3) is 0 Å². The van der Waals surface area contributed by atoms with E-state index in [1.165, 1.54) is 19.3 Å². The van der Waals surface area contributed by atoms with Gasteiger partial charge < -0.3 is 9.84 Å². The zero-order chi connectivity index (χ0) is 13.8. The molecule has 1 aromatic carbocycles. The van der Waals surface area contributed by atoms with E-state index in [0.29, 0.717) is 17.8 Å². The monoisotopic (exact) mass is 262 g/mol. The van der Waals surface area contributed by atoms with Crippen LogP contribution in [0.3, 0.4) is 0 Å². The highest BCUT2D eigenvalue weighted by molar-refractivity contribution is 5.80. The molecule has 104 valence electrons. The zero-order valence-electron chi connectivity index (χ0n) is 11.8. The molecule has 0 radical (unpaired) electrons. The minimum absolute atomic E-state index is 0.145. The maximum Gasteiger partial charge on any atom is 0.160 e. The lowest BCUT2D eigenvalue weighted by molar-refractivity contribution is 0.109. The fraction of sp³-hybridized carbons (Fsp3) is 0.533. The van der Waals surface area contributed by atoms with Crippen LogP contribution in [0.2, 0.25) is 0 Å². The topological polar surface area (TPSA) is 45.1 Å². The number of rotatable bonds is 3. The van der Waals surface area contributed by atoms with Crippen LogP contribution in [0, 0.1) is 0 Å². The first-order valence-electron chi connectivity index (χ1n) is 6.81. The fourth-order valence-electron chi connectivity index (χ4n) is 2.56. The Bertz CT molecular complexity index is 449. The summed E-state index contributed by atoms with van der Waals surface area (Å²) in [6.07, 6.45) is 5.46. The van der Waals surface area contributed by atoms with E-state index in [1.54, 1.807) is 25.5 Å². The van der Waals surface area contributed by atoms with Gasteiger partial charge in [-0.2, -0.15) is 5.10 Å². The Hall–Kier alpha value is -1.71. The first-order chi connectivity index (χ1) is 9.11. The highest BCUT2D eigenvalue weighted by atomic mass is 16.5. The molecular formula is C15H22N2O2. The van der Waals surface area contributed by atoms with Crippen molar-refractivity contribution in [2.45, 2.75) is 45.2 Å². The summed E-state index contributed by atoms with van der Waals surface area (Å²) in [5, 5.41) is 16.5. The van der Waals surface area contributed by atoms with Crippen molar-refractivity contribution in [2.24, 2.45) is 5.10 Å². The largest absolute Gasteiger partial charge is 0.504 e. The van der Waals surface area contributed by atoms with Gasteiger partial charge in [-0.1, -0.05) is 0 Å². The number of nitrogens with zero attached hydrogens (tertiary/aromatic N) is 2. The van der Waals surface area contributed by atoms with Crippen LogP contribution in [-0.2, 0) is 0 Å². The molecule has 0 saturated carbocycles. The van der Waals surface area contributed by atoms with Gasteiger partial charge in [-0.25, -0.2) is 0 Å². The maximum absolute atomic E-state index is 9.73. The van der Waals surface area contributed by atoms with Crippen LogP contribution in [0.15, 0.2) is 23.3 Å². The number of hydrazone groups is 1. The number of piperidine rings is 1. The zero-order valence-corrected chi connectivity index (χ0v) is 11.8. The molecule has 1 saturated heterocycles. The molecule has 1 fully saturated rings. The molecule has 0 spiro atoms. The highest BCUT2D eigenvalue weighted by Crippen LogP contribution is 2.26. The summed E-state index contributed by atoms with van der Waals surface area (Å²) in [7, 11) is 1.54. The number of phenolic OH excluding ortho intramolecular Hbond substituents is 1.